The largest absolute Gasteiger partial charge is 0.395 e. The standard InChI is InChI=1S/C16H13N3OS/c17-10-12-1-2-13(11-18)16(9-12)21-15-5-3-14(4-6-15)19-7-8-20/h1-6,9,19-20H,7-8H2. The number of aliphatic hydroxyl groups is 1. The molecule has 21 heavy (non-hydrogen) atoms. The van der Waals surface area contributed by atoms with E-state index < -0.39 is 0 Å². The number of nitrogens with zero attached hydrogens (tertiary/aromatic N) is 2. The van der Waals surface area contributed by atoms with E-state index in [2.05, 4.69) is 17.5 Å². The number of benzene rings is 2. The summed E-state index contributed by atoms with van der Waals surface area (Å²) in [6.07, 6.45) is 0. The smallest absolute Gasteiger partial charge is 0.100 e. The summed E-state index contributed by atoms with van der Waals surface area (Å²) in [6.45, 7) is 0.596. The number of hydrogen-bond donors (Lipinski definition) is 2. The van der Waals surface area contributed by atoms with Crippen LogP contribution in [0.25, 0.3) is 0 Å². The highest BCUT2D eigenvalue weighted by molar-refractivity contribution is 7.99. The number of rotatable bonds is 5. The molecule has 4 nitrogen and oxygen atoms in total. The first-order valence-electron chi connectivity index (χ1n) is 6.33. The number of nitrogens with one attached hydrogen (secondary N) is 1. The van der Waals surface area contributed by atoms with E-state index in [-0.39, 0.29) is 6.61 Å². The maximum Gasteiger partial charge on any atom is 0.100 e. The Hall–Kier alpha value is -2.47. The first-order valence-corrected chi connectivity index (χ1v) is 7.15. The van der Waals surface area contributed by atoms with Crippen molar-refractivity contribution in [1.29, 1.82) is 10.5 Å². The van der Waals surface area contributed by atoms with Crippen LogP contribution >= 0.6 is 11.8 Å². The van der Waals surface area contributed by atoms with Crippen LogP contribution in [0.2, 0.25) is 0 Å². The highest BCUT2D eigenvalue weighted by Crippen LogP contribution is 2.31. The first kappa shape index (κ1) is 14.9. The SMILES string of the molecule is N#Cc1ccc(C#N)c(Sc2ccc(NCCO)cc2)c1. The molecule has 2 N–H and O–H groups in total. The van der Waals surface area contributed by atoms with E-state index in [9.17, 15) is 0 Å². The summed E-state index contributed by atoms with van der Waals surface area (Å²) in [4.78, 5) is 1.75. The van der Waals surface area contributed by atoms with Gasteiger partial charge in [-0.2, -0.15) is 10.5 Å². The molecule has 0 radical (unpaired) electrons. The van der Waals surface area contributed by atoms with Crippen molar-refractivity contribution < 1.29 is 5.11 Å². The van der Waals surface area contributed by atoms with Crippen molar-refractivity contribution in [3.05, 3.63) is 53.6 Å². The summed E-state index contributed by atoms with van der Waals surface area (Å²) >= 11 is 1.45. The Morgan fingerprint density at radius 3 is 2.43 bits per heavy atom. The van der Waals surface area contributed by atoms with Gasteiger partial charge in [0.1, 0.15) is 6.07 Å². The van der Waals surface area contributed by atoms with Crippen molar-refractivity contribution in [2.75, 3.05) is 18.5 Å². The quantitative estimate of drug-likeness (QED) is 0.886. The van der Waals surface area contributed by atoms with Crippen LogP contribution in [-0.4, -0.2) is 18.3 Å². The molecule has 0 amide bonds. The van der Waals surface area contributed by atoms with Gasteiger partial charge in [-0.3, -0.25) is 0 Å². The third-order valence-electron chi connectivity index (χ3n) is 2.75. The van der Waals surface area contributed by atoms with Gasteiger partial charge in [0, 0.05) is 22.0 Å². The lowest BCUT2D eigenvalue weighted by atomic mass is 10.2. The Labute approximate surface area is 127 Å². The van der Waals surface area contributed by atoms with Crippen LogP contribution < -0.4 is 5.32 Å². The Morgan fingerprint density at radius 2 is 1.81 bits per heavy atom. The molecule has 104 valence electrons. The average molecular weight is 295 g/mol. The van der Waals surface area contributed by atoms with Crippen molar-refractivity contribution in [1.82, 2.24) is 0 Å². The number of aliphatic hydroxyl groups excluding tert-OH is 1. The zero-order valence-electron chi connectivity index (χ0n) is 11.2. The van der Waals surface area contributed by atoms with E-state index >= 15 is 0 Å². The van der Waals surface area contributed by atoms with Gasteiger partial charge in [-0.25, -0.2) is 0 Å². The Morgan fingerprint density at radius 1 is 1.05 bits per heavy atom. The lowest BCUT2D eigenvalue weighted by molar-refractivity contribution is 0.311. The van der Waals surface area contributed by atoms with Crippen molar-refractivity contribution in [3.8, 4) is 12.1 Å². The highest BCUT2D eigenvalue weighted by Gasteiger charge is 2.06. The molecule has 0 spiro atoms. The van der Waals surface area contributed by atoms with Crippen molar-refractivity contribution >= 4 is 17.4 Å². The Kier molecular flexibility index (Phi) is 5.22. The fraction of sp³-hybridized carbons (Fsp3) is 0.125. The molecule has 0 aliphatic carbocycles. The highest BCUT2D eigenvalue weighted by atomic mass is 32.2. The molecule has 2 aromatic carbocycles. The summed E-state index contributed by atoms with van der Waals surface area (Å²) in [5.41, 5.74) is 2.03. The fourth-order valence-electron chi connectivity index (χ4n) is 1.74. The van der Waals surface area contributed by atoms with E-state index in [0.29, 0.717) is 17.7 Å². The molecule has 0 bridgehead atoms. The van der Waals surface area contributed by atoms with E-state index in [1.54, 1.807) is 18.2 Å². The third kappa shape index (κ3) is 4.00. The molecule has 0 saturated heterocycles. The minimum Gasteiger partial charge on any atom is -0.395 e. The summed E-state index contributed by atoms with van der Waals surface area (Å²) in [6, 6.07) is 16.9. The molecule has 0 aromatic heterocycles. The van der Waals surface area contributed by atoms with E-state index in [0.717, 1.165) is 15.5 Å². The third-order valence-corrected chi connectivity index (χ3v) is 3.82. The normalized spacial score (nSPS) is 9.67. The van der Waals surface area contributed by atoms with Gasteiger partial charge in [-0.15, -0.1) is 0 Å². The molecular formula is C16H13N3OS. The van der Waals surface area contributed by atoms with Crippen LogP contribution in [0, 0.1) is 22.7 Å². The average Bonchev–Trinajstić information content (AvgIpc) is 2.54. The maximum atomic E-state index is 9.12. The summed E-state index contributed by atoms with van der Waals surface area (Å²) in [7, 11) is 0. The van der Waals surface area contributed by atoms with Gasteiger partial charge in [0.15, 0.2) is 0 Å². The van der Waals surface area contributed by atoms with Crippen molar-refractivity contribution in [2.24, 2.45) is 0 Å². The topological polar surface area (TPSA) is 79.8 Å². The van der Waals surface area contributed by atoms with Gasteiger partial charge < -0.3 is 10.4 Å². The first-order chi connectivity index (χ1) is 10.3. The molecule has 0 fully saturated rings. The molecule has 0 unspecified atom stereocenters. The Balaban J connectivity index is 2.18. The molecule has 2 aromatic rings. The summed E-state index contributed by atoms with van der Waals surface area (Å²) in [5, 5.41) is 29.9. The van der Waals surface area contributed by atoms with Gasteiger partial charge in [-0.1, -0.05) is 11.8 Å². The monoisotopic (exact) mass is 295 g/mol. The van der Waals surface area contributed by atoms with Crippen LogP contribution in [0.4, 0.5) is 5.69 Å². The zero-order chi connectivity index (χ0) is 15.1. The molecule has 0 saturated carbocycles. The number of nitriles is 2. The predicted molar refractivity (Wildman–Crippen MR) is 82.0 cm³/mol. The predicted octanol–water partition coefficient (Wildman–Crippen LogP) is 2.99. The Bertz CT molecular complexity index is 699. The van der Waals surface area contributed by atoms with Gasteiger partial charge in [0.05, 0.1) is 23.8 Å². The molecule has 0 aliphatic rings. The molecule has 0 aliphatic heterocycles. The number of anilines is 1. The lowest BCUT2D eigenvalue weighted by Crippen LogP contribution is -2.04. The van der Waals surface area contributed by atoms with Gasteiger partial charge >= 0.3 is 0 Å². The zero-order valence-corrected chi connectivity index (χ0v) is 12.0. The molecule has 5 heteroatoms. The molecule has 2 rings (SSSR count). The van der Waals surface area contributed by atoms with Crippen molar-refractivity contribution in [2.45, 2.75) is 9.79 Å². The molecular weight excluding hydrogens is 282 g/mol. The van der Waals surface area contributed by atoms with E-state index in [1.807, 2.05) is 24.3 Å². The van der Waals surface area contributed by atoms with E-state index in [1.165, 1.54) is 11.8 Å². The van der Waals surface area contributed by atoms with E-state index in [4.69, 9.17) is 15.6 Å². The maximum absolute atomic E-state index is 9.12. The van der Waals surface area contributed by atoms with Crippen LogP contribution in [0.5, 0.6) is 0 Å². The van der Waals surface area contributed by atoms with Gasteiger partial charge in [0.25, 0.3) is 0 Å². The molecule has 0 atom stereocenters. The van der Waals surface area contributed by atoms with Gasteiger partial charge in [0.2, 0.25) is 0 Å². The summed E-state index contributed by atoms with van der Waals surface area (Å²) < 4.78 is 0. The lowest BCUT2D eigenvalue weighted by Gasteiger charge is -2.07. The fourth-order valence-corrected chi connectivity index (χ4v) is 2.67. The minimum atomic E-state index is 0.0863. The van der Waals surface area contributed by atoms with Crippen LogP contribution in [0.3, 0.4) is 0 Å². The minimum absolute atomic E-state index is 0.0863. The second kappa shape index (κ2) is 7.35. The second-order valence-electron chi connectivity index (χ2n) is 4.21. The second-order valence-corrected chi connectivity index (χ2v) is 5.33. The van der Waals surface area contributed by atoms with Gasteiger partial charge in [-0.05, 0) is 42.5 Å². The van der Waals surface area contributed by atoms with Crippen LogP contribution in [0.15, 0.2) is 52.3 Å². The van der Waals surface area contributed by atoms with Crippen LogP contribution in [0.1, 0.15) is 11.1 Å². The summed E-state index contributed by atoms with van der Waals surface area (Å²) in [5.74, 6) is 0. The van der Waals surface area contributed by atoms with Crippen LogP contribution in [-0.2, 0) is 0 Å². The van der Waals surface area contributed by atoms with Crippen molar-refractivity contribution in [3.63, 3.8) is 0 Å². The molecule has 0 heterocycles. The number of hydrogen-bond acceptors (Lipinski definition) is 5.